The van der Waals surface area contributed by atoms with Crippen LogP contribution >= 0.6 is 11.8 Å². The summed E-state index contributed by atoms with van der Waals surface area (Å²) in [5.74, 6) is 2.66. The van der Waals surface area contributed by atoms with Crippen molar-refractivity contribution < 1.29 is 4.74 Å². The van der Waals surface area contributed by atoms with Crippen molar-refractivity contribution in [2.75, 3.05) is 12.4 Å². The van der Waals surface area contributed by atoms with Gasteiger partial charge in [0.15, 0.2) is 0 Å². The van der Waals surface area contributed by atoms with Crippen LogP contribution in [0.25, 0.3) is 0 Å². The highest BCUT2D eigenvalue weighted by Gasteiger charge is 2.23. The summed E-state index contributed by atoms with van der Waals surface area (Å²) in [5, 5.41) is 0. The minimum Gasteiger partial charge on any atom is -0.493 e. The van der Waals surface area contributed by atoms with E-state index in [1.807, 2.05) is 30.0 Å². The van der Waals surface area contributed by atoms with Crippen LogP contribution in [0.2, 0.25) is 0 Å². The van der Waals surface area contributed by atoms with Gasteiger partial charge in [-0.05, 0) is 30.2 Å². The summed E-state index contributed by atoms with van der Waals surface area (Å²) in [5.41, 5.74) is 2.65. The molecule has 2 aromatic rings. The van der Waals surface area contributed by atoms with Gasteiger partial charge in [0.05, 0.1) is 6.61 Å². The summed E-state index contributed by atoms with van der Waals surface area (Å²) in [6.07, 6.45) is 0. The second-order valence-corrected chi connectivity index (χ2v) is 5.68. The first-order valence-electron chi connectivity index (χ1n) is 6.25. The number of hydrogen-bond acceptors (Lipinski definition) is 2. The molecule has 0 fully saturated rings. The Balaban J connectivity index is 1.71. The number of ether oxygens (including phenoxy) is 1. The average molecular weight is 256 g/mol. The van der Waals surface area contributed by atoms with Gasteiger partial charge in [-0.25, -0.2) is 0 Å². The molecule has 1 nitrogen and oxygen atoms in total. The molecule has 0 saturated heterocycles. The first-order chi connectivity index (χ1) is 8.84. The molecule has 92 valence electrons. The molecule has 0 bridgehead atoms. The predicted octanol–water partition coefficient (Wildman–Crippen LogP) is 4.26. The van der Waals surface area contributed by atoms with Crippen molar-refractivity contribution in [2.45, 2.75) is 17.7 Å². The first-order valence-corrected chi connectivity index (χ1v) is 7.23. The molecule has 1 aliphatic heterocycles. The van der Waals surface area contributed by atoms with Crippen LogP contribution in [0.5, 0.6) is 5.75 Å². The van der Waals surface area contributed by atoms with Gasteiger partial charge in [-0.15, -0.1) is 11.8 Å². The number of aryl methyl sites for hydroxylation is 1. The molecule has 3 rings (SSSR count). The van der Waals surface area contributed by atoms with Crippen LogP contribution in [0.3, 0.4) is 0 Å². The molecular formula is C16H16OS. The lowest BCUT2D eigenvalue weighted by atomic mass is 10.0. The molecule has 0 N–H and O–H groups in total. The number of fused-ring (bicyclic) bond motifs is 1. The Kier molecular flexibility index (Phi) is 3.28. The summed E-state index contributed by atoms with van der Waals surface area (Å²) in [6, 6.07) is 16.9. The van der Waals surface area contributed by atoms with E-state index in [0.29, 0.717) is 5.92 Å². The molecule has 2 heteroatoms. The van der Waals surface area contributed by atoms with Gasteiger partial charge < -0.3 is 4.74 Å². The van der Waals surface area contributed by atoms with Crippen molar-refractivity contribution in [1.29, 1.82) is 0 Å². The molecule has 0 amide bonds. The topological polar surface area (TPSA) is 9.23 Å². The number of hydrogen-bond donors (Lipinski definition) is 0. The minimum absolute atomic E-state index is 0.519. The van der Waals surface area contributed by atoms with Gasteiger partial charge in [0.25, 0.3) is 0 Å². The van der Waals surface area contributed by atoms with Gasteiger partial charge in [-0.1, -0.05) is 36.4 Å². The fraction of sp³-hybridized carbons (Fsp3) is 0.250. The zero-order valence-corrected chi connectivity index (χ0v) is 11.2. The molecule has 0 radical (unpaired) electrons. The molecule has 0 spiro atoms. The lowest BCUT2D eigenvalue weighted by Crippen LogP contribution is -2.10. The third kappa shape index (κ3) is 2.25. The van der Waals surface area contributed by atoms with E-state index in [2.05, 4.69) is 37.3 Å². The van der Waals surface area contributed by atoms with Crippen LogP contribution in [0.15, 0.2) is 53.4 Å². The molecular weight excluding hydrogens is 240 g/mol. The van der Waals surface area contributed by atoms with Crippen LogP contribution in [-0.2, 0) is 0 Å². The van der Waals surface area contributed by atoms with Gasteiger partial charge in [-0.2, -0.15) is 0 Å². The zero-order valence-electron chi connectivity index (χ0n) is 10.4. The van der Waals surface area contributed by atoms with Crippen LogP contribution in [-0.4, -0.2) is 12.4 Å². The highest BCUT2D eigenvalue weighted by molar-refractivity contribution is 7.99. The van der Waals surface area contributed by atoms with Crippen LogP contribution in [0.1, 0.15) is 17.0 Å². The molecule has 1 heterocycles. The summed E-state index contributed by atoms with van der Waals surface area (Å²) in [7, 11) is 0. The first kappa shape index (κ1) is 11.7. The normalized spacial score (nSPS) is 17.5. The quantitative estimate of drug-likeness (QED) is 0.811. The second kappa shape index (κ2) is 5.07. The molecule has 1 atom stereocenters. The van der Waals surface area contributed by atoms with E-state index in [4.69, 9.17) is 4.74 Å². The average Bonchev–Trinajstić information content (AvgIpc) is 2.81. The molecule has 1 unspecified atom stereocenters. The number of para-hydroxylation sites is 1. The Morgan fingerprint density at radius 2 is 1.89 bits per heavy atom. The summed E-state index contributed by atoms with van der Waals surface area (Å²) >= 11 is 1.94. The third-order valence-corrected chi connectivity index (χ3v) is 4.58. The SMILES string of the molecule is Cc1ccccc1OCC1CSc2ccccc21. The lowest BCUT2D eigenvalue weighted by molar-refractivity contribution is 0.296. The van der Waals surface area contributed by atoms with E-state index in [9.17, 15) is 0 Å². The predicted molar refractivity (Wildman–Crippen MR) is 76.6 cm³/mol. The van der Waals surface area contributed by atoms with E-state index >= 15 is 0 Å². The van der Waals surface area contributed by atoms with E-state index in [-0.39, 0.29) is 0 Å². The Bertz CT molecular complexity index is 550. The summed E-state index contributed by atoms with van der Waals surface area (Å²) in [6.45, 7) is 2.86. The fourth-order valence-electron chi connectivity index (χ4n) is 2.28. The number of thioether (sulfide) groups is 1. The Morgan fingerprint density at radius 1 is 1.11 bits per heavy atom. The minimum atomic E-state index is 0.519. The smallest absolute Gasteiger partial charge is 0.122 e. The van der Waals surface area contributed by atoms with E-state index in [0.717, 1.165) is 18.1 Å². The maximum absolute atomic E-state index is 5.96. The van der Waals surface area contributed by atoms with Crippen molar-refractivity contribution in [3.63, 3.8) is 0 Å². The van der Waals surface area contributed by atoms with Crippen LogP contribution in [0, 0.1) is 6.92 Å². The van der Waals surface area contributed by atoms with Crippen LogP contribution < -0.4 is 4.74 Å². The van der Waals surface area contributed by atoms with Gasteiger partial charge >= 0.3 is 0 Å². The molecule has 0 saturated carbocycles. The van der Waals surface area contributed by atoms with E-state index < -0.39 is 0 Å². The lowest BCUT2D eigenvalue weighted by Gasteiger charge is -2.14. The second-order valence-electron chi connectivity index (χ2n) is 4.62. The number of rotatable bonds is 3. The van der Waals surface area contributed by atoms with Crippen molar-refractivity contribution in [3.8, 4) is 5.75 Å². The molecule has 0 aromatic heterocycles. The molecule has 18 heavy (non-hydrogen) atoms. The molecule has 1 aliphatic rings. The molecule has 0 aliphatic carbocycles. The fourth-order valence-corrected chi connectivity index (χ4v) is 3.51. The summed E-state index contributed by atoms with van der Waals surface area (Å²) in [4.78, 5) is 1.41. The highest BCUT2D eigenvalue weighted by Crippen LogP contribution is 2.39. The Morgan fingerprint density at radius 3 is 2.78 bits per heavy atom. The van der Waals surface area contributed by atoms with E-state index in [1.54, 1.807) is 0 Å². The largest absolute Gasteiger partial charge is 0.493 e. The Labute approximate surface area is 112 Å². The van der Waals surface area contributed by atoms with Crippen molar-refractivity contribution in [3.05, 3.63) is 59.7 Å². The van der Waals surface area contributed by atoms with E-state index in [1.165, 1.54) is 16.0 Å². The van der Waals surface area contributed by atoms with Crippen molar-refractivity contribution in [1.82, 2.24) is 0 Å². The van der Waals surface area contributed by atoms with Crippen molar-refractivity contribution >= 4 is 11.8 Å². The van der Waals surface area contributed by atoms with Crippen molar-refractivity contribution in [2.24, 2.45) is 0 Å². The maximum Gasteiger partial charge on any atom is 0.122 e. The standard InChI is InChI=1S/C16H16OS/c1-12-6-2-4-8-15(12)17-10-13-11-18-16-9-5-3-7-14(13)16/h2-9,13H,10-11H2,1H3. The number of benzene rings is 2. The third-order valence-electron chi connectivity index (χ3n) is 3.33. The van der Waals surface area contributed by atoms with Gasteiger partial charge in [0, 0.05) is 16.6 Å². The van der Waals surface area contributed by atoms with Gasteiger partial charge in [-0.3, -0.25) is 0 Å². The van der Waals surface area contributed by atoms with Gasteiger partial charge in [0.1, 0.15) is 5.75 Å². The highest BCUT2D eigenvalue weighted by atomic mass is 32.2. The van der Waals surface area contributed by atoms with Gasteiger partial charge in [0.2, 0.25) is 0 Å². The maximum atomic E-state index is 5.96. The molecule has 2 aromatic carbocycles. The van der Waals surface area contributed by atoms with Crippen LogP contribution in [0.4, 0.5) is 0 Å². The zero-order chi connectivity index (χ0) is 12.4. The monoisotopic (exact) mass is 256 g/mol. The summed E-state index contributed by atoms with van der Waals surface area (Å²) < 4.78 is 5.96. The Hall–Kier alpha value is -1.41.